The second-order valence-corrected chi connectivity index (χ2v) is 11.3. The number of alkyl halides is 6. The summed E-state index contributed by atoms with van der Waals surface area (Å²) in [4.78, 5) is 38.1. The van der Waals surface area contributed by atoms with Crippen molar-refractivity contribution in [3.05, 3.63) is 59.7 Å². The molecule has 248 valence electrons. The second kappa shape index (κ2) is 12.7. The maximum absolute atomic E-state index is 13.7. The highest BCUT2D eigenvalue weighted by atomic mass is 19.4. The zero-order valence-electron chi connectivity index (χ0n) is 24.8. The topological polar surface area (TPSA) is 117 Å². The number of anilines is 1. The third kappa shape index (κ3) is 7.12. The van der Waals surface area contributed by atoms with Gasteiger partial charge < -0.3 is 19.6 Å². The van der Waals surface area contributed by atoms with Crippen LogP contribution in [0, 0.1) is 0 Å². The molecule has 3 atom stereocenters. The number of aryl methyl sites for hydroxylation is 1. The number of ether oxygens (including phenoxy) is 1. The van der Waals surface area contributed by atoms with Gasteiger partial charge in [-0.3, -0.25) is 9.58 Å². The van der Waals surface area contributed by atoms with E-state index in [0.29, 0.717) is 48.9 Å². The van der Waals surface area contributed by atoms with Gasteiger partial charge in [-0.05, 0) is 43.0 Å². The Balaban J connectivity index is 1.50. The van der Waals surface area contributed by atoms with Crippen molar-refractivity contribution in [2.45, 2.75) is 69.8 Å². The summed E-state index contributed by atoms with van der Waals surface area (Å²) in [6.07, 6.45) is -4.64. The van der Waals surface area contributed by atoms with Crippen molar-refractivity contribution in [3.63, 3.8) is 0 Å². The molecule has 0 aliphatic carbocycles. The number of amides is 2. The summed E-state index contributed by atoms with van der Waals surface area (Å²) in [6.45, 7) is 1.72. The van der Waals surface area contributed by atoms with E-state index in [1.54, 1.807) is 29.0 Å². The van der Waals surface area contributed by atoms with Crippen LogP contribution in [0.5, 0.6) is 0 Å². The number of benzene rings is 1. The molecule has 2 fully saturated rings. The second-order valence-electron chi connectivity index (χ2n) is 11.3. The summed E-state index contributed by atoms with van der Waals surface area (Å²) >= 11 is 0. The minimum absolute atomic E-state index is 0.0342. The molecule has 17 heteroatoms. The van der Waals surface area contributed by atoms with Crippen LogP contribution < -0.4 is 4.90 Å². The van der Waals surface area contributed by atoms with E-state index in [2.05, 4.69) is 15.1 Å². The van der Waals surface area contributed by atoms with Crippen LogP contribution in [0.4, 0.5) is 41.9 Å². The van der Waals surface area contributed by atoms with E-state index in [0.717, 1.165) is 0 Å². The first-order chi connectivity index (χ1) is 21.6. The number of hydrogen-bond acceptors (Lipinski definition) is 7. The fourth-order valence-corrected chi connectivity index (χ4v) is 5.96. The highest BCUT2D eigenvalue weighted by molar-refractivity contribution is 5.76. The van der Waals surface area contributed by atoms with Crippen LogP contribution in [0.15, 0.2) is 43.0 Å². The summed E-state index contributed by atoms with van der Waals surface area (Å²) in [5.41, 5.74) is -1.88. The third-order valence-corrected chi connectivity index (χ3v) is 8.16. The number of nitrogens with zero attached hydrogens (tertiary/aromatic N) is 7. The Morgan fingerprint density at radius 3 is 2.20 bits per heavy atom. The van der Waals surface area contributed by atoms with Gasteiger partial charge in [-0.15, -0.1) is 0 Å². The molecule has 0 bridgehead atoms. The van der Waals surface area contributed by atoms with Crippen molar-refractivity contribution in [2.24, 2.45) is 7.05 Å². The van der Waals surface area contributed by atoms with Crippen LogP contribution in [0.25, 0.3) is 11.1 Å². The lowest BCUT2D eigenvalue weighted by Gasteiger charge is -2.32. The smallest absolute Gasteiger partial charge is 0.450 e. The molecule has 46 heavy (non-hydrogen) atoms. The monoisotopic (exact) mass is 655 g/mol. The fourth-order valence-electron chi connectivity index (χ4n) is 5.96. The summed E-state index contributed by atoms with van der Waals surface area (Å²) < 4.78 is 88.6. The van der Waals surface area contributed by atoms with Gasteiger partial charge in [0.1, 0.15) is 0 Å². The standard InChI is InChI=1S/C29H31F6N7O4/c1-3-22-10-23(16-42(22)26(43)40-6-4-5-24(40)46-27(44)45)41(25-36-11-18(12-37-25)19-13-38-39(2)15-19)14-17-7-20(28(30,31)32)9-21(8-17)29(33,34)35/h7-9,11-13,15,22-24H,3-6,10,14,16H2,1-2H3,(H,44,45)/t22-,23+,24+/m1/s1. The average molecular weight is 656 g/mol. The highest BCUT2D eigenvalue weighted by Crippen LogP contribution is 2.38. The molecule has 0 radical (unpaired) electrons. The predicted molar refractivity (Wildman–Crippen MR) is 150 cm³/mol. The van der Waals surface area contributed by atoms with E-state index in [4.69, 9.17) is 9.84 Å². The molecule has 1 N–H and O–H groups in total. The van der Waals surface area contributed by atoms with Crippen molar-refractivity contribution < 1.29 is 45.8 Å². The fraction of sp³-hybridized carbons (Fsp3) is 0.483. The van der Waals surface area contributed by atoms with E-state index in [1.807, 2.05) is 6.92 Å². The molecule has 2 saturated heterocycles. The minimum Gasteiger partial charge on any atom is -0.450 e. The number of halogens is 6. The van der Waals surface area contributed by atoms with Crippen LogP contribution in [-0.2, 0) is 30.7 Å². The summed E-state index contributed by atoms with van der Waals surface area (Å²) in [5, 5.41) is 13.2. The Morgan fingerprint density at radius 2 is 1.65 bits per heavy atom. The van der Waals surface area contributed by atoms with Gasteiger partial charge in [0.2, 0.25) is 5.95 Å². The Bertz CT molecular complexity index is 1530. The third-order valence-electron chi connectivity index (χ3n) is 8.16. The normalized spacial score (nSPS) is 20.3. The number of aromatic nitrogens is 4. The van der Waals surface area contributed by atoms with E-state index >= 15 is 0 Å². The van der Waals surface area contributed by atoms with Gasteiger partial charge in [-0.1, -0.05) is 6.92 Å². The number of carboxylic acid groups (broad SMARTS) is 1. The molecule has 0 saturated carbocycles. The molecule has 3 aromatic rings. The lowest BCUT2D eigenvalue weighted by molar-refractivity contribution is -0.143. The minimum atomic E-state index is -5.03. The van der Waals surface area contributed by atoms with Crippen LogP contribution in [-0.4, -0.2) is 78.2 Å². The molecule has 0 unspecified atom stereocenters. The lowest BCUT2D eigenvalue weighted by atomic mass is 10.0. The Labute approximate surface area is 259 Å². The molecule has 2 aromatic heterocycles. The highest BCUT2D eigenvalue weighted by Gasteiger charge is 2.43. The van der Waals surface area contributed by atoms with Crippen molar-refractivity contribution in [3.8, 4) is 11.1 Å². The van der Waals surface area contributed by atoms with E-state index < -0.39 is 54.5 Å². The van der Waals surface area contributed by atoms with E-state index in [-0.39, 0.29) is 36.7 Å². The van der Waals surface area contributed by atoms with Gasteiger partial charge in [0.15, 0.2) is 6.23 Å². The van der Waals surface area contributed by atoms with Crippen LogP contribution in [0.2, 0.25) is 0 Å². The number of carbonyl (C=O) groups is 2. The Hall–Kier alpha value is -4.57. The number of hydrogen-bond donors (Lipinski definition) is 1. The average Bonchev–Trinajstić information content (AvgIpc) is 3.74. The number of rotatable bonds is 7. The first-order valence-electron chi connectivity index (χ1n) is 14.5. The molecule has 2 amide bonds. The first kappa shape index (κ1) is 32.8. The molecule has 2 aliphatic heterocycles. The van der Waals surface area contributed by atoms with E-state index in [1.165, 1.54) is 22.2 Å². The zero-order chi connectivity index (χ0) is 33.4. The van der Waals surface area contributed by atoms with Gasteiger partial charge in [0.05, 0.1) is 23.4 Å². The molecular formula is C29H31F6N7O4. The van der Waals surface area contributed by atoms with Gasteiger partial charge >= 0.3 is 24.5 Å². The summed E-state index contributed by atoms with van der Waals surface area (Å²) in [5.74, 6) is 0.0426. The van der Waals surface area contributed by atoms with Crippen LogP contribution in [0.3, 0.4) is 0 Å². The molecule has 11 nitrogen and oxygen atoms in total. The van der Waals surface area contributed by atoms with Crippen LogP contribution in [0.1, 0.15) is 49.3 Å². The molecule has 2 aliphatic rings. The molecule has 5 rings (SSSR count). The van der Waals surface area contributed by atoms with Crippen molar-refractivity contribution in [1.29, 1.82) is 0 Å². The number of likely N-dealkylation sites (tertiary alicyclic amines) is 2. The predicted octanol–water partition coefficient (Wildman–Crippen LogP) is 6.01. The Morgan fingerprint density at radius 1 is 1.00 bits per heavy atom. The number of urea groups is 1. The maximum atomic E-state index is 13.7. The molecule has 0 spiro atoms. The van der Waals surface area contributed by atoms with Crippen molar-refractivity contribution in [1.82, 2.24) is 29.5 Å². The first-order valence-corrected chi connectivity index (χ1v) is 14.5. The van der Waals surface area contributed by atoms with E-state index in [9.17, 15) is 35.9 Å². The number of carbonyl (C=O) groups excluding carboxylic acids is 1. The van der Waals surface area contributed by atoms with Gasteiger partial charge in [0, 0.05) is 68.9 Å². The lowest BCUT2D eigenvalue weighted by Crippen LogP contribution is -2.49. The van der Waals surface area contributed by atoms with Gasteiger partial charge in [0.25, 0.3) is 0 Å². The Kier molecular flexibility index (Phi) is 9.04. The van der Waals surface area contributed by atoms with Crippen molar-refractivity contribution >= 4 is 18.1 Å². The quantitative estimate of drug-likeness (QED) is 0.243. The molecular weight excluding hydrogens is 624 g/mol. The SMILES string of the molecule is CC[C@@H]1C[C@H](N(Cc2cc(C(F)(F)F)cc(C(F)(F)F)c2)c2ncc(-c3cnn(C)c3)cn2)CN1C(=O)N1CCC[C@@H]1OC(=O)O. The molecule has 4 heterocycles. The zero-order valence-corrected chi connectivity index (χ0v) is 24.8. The van der Waals surface area contributed by atoms with Crippen molar-refractivity contribution in [2.75, 3.05) is 18.0 Å². The largest absolute Gasteiger partial charge is 0.507 e. The maximum Gasteiger partial charge on any atom is 0.507 e. The van der Waals surface area contributed by atoms with Gasteiger partial charge in [-0.2, -0.15) is 31.4 Å². The van der Waals surface area contributed by atoms with Crippen LogP contribution >= 0.6 is 0 Å². The summed E-state index contributed by atoms with van der Waals surface area (Å²) in [6, 6.07) is -0.0402. The molecule has 1 aromatic carbocycles. The van der Waals surface area contributed by atoms with Gasteiger partial charge in [-0.25, -0.2) is 19.6 Å². The summed E-state index contributed by atoms with van der Waals surface area (Å²) in [7, 11) is 1.72.